The number of anilines is 2. The van der Waals surface area contributed by atoms with Crippen molar-refractivity contribution in [3.05, 3.63) is 98.5 Å². The van der Waals surface area contributed by atoms with Gasteiger partial charge in [-0.3, -0.25) is 0 Å². The number of nitrogens with zero attached hydrogens (tertiary/aromatic N) is 2. The lowest BCUT2D eigenvalue weighted by Crippen LogP contribution is -2.31. The number of halogens is 4. The molecule has 1 aromatic heterocycles. The summed E-state index contributed by atoms with van der Waals surface area (Å²) in [4.78, 5) is 3.54. The lowest BCUT2D eigenvalue weighted by Gasteiger charge is -2.24. The van der Waals surface area contributed by atoms with Crippen molar-refractivity contribution in [3.8, 4) is 5.75 Å². The third-order valence-electron chi connectivity index (χ3n) is 5.88. The Kier molecular flexibility index (Phi) is 8.46. The molecule has 4 aromatic rings. The van der Waals surface area contributed by atoms with Crippen LogP contribution in [0, 0.1) is 18.6 Å². The number of methoxy groups -OCH3 is 1. The lowest BCUT2D eigenvalue weighted by molar-refractivity contribution is 0.414. The highest BCUT2D eigenvalue weighted by atomic mass is 35.5. The van der Waals surface area contributed by atoms with Gasteiger partial charge in [-0.1, -0.05) is 29.3 Å². The predicted molar refractivity (Wildman–Crippen MR) is 148 cm³/mol. The molecule has 0 amide bonds. The highest BCUT2D eigenvalue weighted by Gasteiger charge is 2.31. The number of aryl methyl sites for hydroxylation is 1. The average molecular weight is 599 g/mol. The number of nitrogens with one attached hydrogen (secondary N) is 1. The summed E-state index contributed by atoms with van der Waals surface area (Å²) in [5.41, 5.74) is 1.82. The molecule has 0 unspecified atom stereocenters. The molecule has 6 nitrogen and oxygen atoms in total. The molecule has 38 heavy (non-hydrogen) atoms. The Morgan fingerprint density at radius 1 is 1.11 bits per heavy atom. The van der Waals surface area contributed by atoms with Crippen LogP contribution in [-0.2, 0) is 16.6 Å². The molecule has 0 spiro atoms. The van der Waals surface area contributed by atoms with Crippen LogP contribution in [0.5, 0.6) is 5.75 Å². The second kappa shape index (κ2) is 11.4. The summed E-state index contributed by atoms with van der Waals surface area (Å²) in [6.45, 7) is 3.38. The Morgan fingerprint density at radius 2 is 1.87 bits per heavy atom. The van der Waals surface area contributed by atoms with Gasteiger partial charge in [0.15, 0.2) is 5.13 Å². The summed E-state index contributed by atoms with van der Waals surface area (Å²) in [7, 11) is -2.89. The van der Waals surface area contributed by atoms with E-state index in [1.807, 2.05) is 6.92 Å². The first-order chi connectivity index (χ1) is 18.0. The minimum Gasteiger partial charge on any atom is -0.497 e. The first kappa shape index (κ1) is 28.1. The second-order valence-electron chi connectivity index (χ2n) is 8.41. The van der Waals surface area contributed by atoms with E-state index in [0.29, 0.717) is 16.3 Å². The molecular weight excluding hydrogens is 575 g/mol. The highest BCUT2D eigenvalue weighted by Crippen LogP contribution is 2.35. The largest absolute Gasteiger partial charge is 0.497 e. The van der Waals surface area contributed by atoms with Crippen LogP contribution in [0.25, 0.3) is 0 Å². The van der Waals surface area contributed by atoms with Crippen molar-refractivity contribution in [2.24, 2.45) is 0 Å². The van der Waals surface area contributed by atoms with E-state index in [1.54, 1.807) is 30.5 Å². The Bertz CT molecular complexity index is 1570. The van der Waals surface area contributed by atoms with E-state index in [9.17, 15) is 12.8 Å². The molecule has 0 saturated carbocycles. The van der Waals surface area contributed by atoms with Gasteiger partial charge in [0, 0.05) is 22.2 Å². The van der Waals surface area contributed by atoms with Gasteiger partial charge in [-0.05, 0) is 67.4 Å². The van der Waals surface area contributed by atoms with Crippen LogP contribution in [0.2, 0.25) is 10.0 Å². The van der Waals surface area contributed by atoms with Crippen molar-refractivity contribution >= 4 is 55.4 Å². The number of rotatable bonds is 9. The van der Waals surface area contributed by atoms with Gasteiger partial charge in [0.1, 0.15) is 22.3 Å². The van der Waals surface area contributed by atoms with Crippen LogP contribution >= 0.6 is 34.5 Å². The van der Waals surface area contributed by atoms with Gasteiger partial charge in [0.2, 0.25) is 0 Å². The van der Waals surface area contributed by atoms with Gasteiger partial charge >= 0.3 is 0 Å². The van der Waals surface area contributed by atoms with E-state index in [-0.39, 0.29) is 27.9 Å². The van der Waals surface area contributed by atoms with Gasteiger partial charge < -0.3 is 10.1 Å². The van der Waals surface area contributed by atoms with Crippen LogP contribution < -0.4 is 14.4 Å². The van der Waals surface area contributed by atoms with Gasteiger partial charge in [-0.25, -0.2) is 26.5 Å². The monoisotopic (exact) mass is 597 g/mol. The van der Waals surface area contributed by atoms with Gasteiger partial charge in [0.25, 0.3) is 10.0 Å². The van der Waals surface area contributed by atoms with E-state index in [4.69, 9.17) is 27.9 Å². The highest BCUT2D eigenvalue weighted by molar-refractivity contribution is 7.93. The summed E-state index contributed by atoms with van der Waals surface area (Å²) in [5, 5.41) is 5.01. The normalized spacial score (nSPS) is 12.3. The zero-order valence-corrected chi connectivity index (χ0v) is 23.7. The zero-order valence-electron chi connectivity index (χ0n) is 20.5. The number of aromatic nitrogens is 1. The molecule has 0 aliphatic carbocycles. The molecule has 3 aromatic carbocycles. The quantitative estimate of drug-likeness (QED) is 0.215. The van der Waals surface area contributed by atoms with E-state index < -0.39 is 32.6 Å². The topological polar surface area (TPSA) is 71.5 Å². The van der Waals surface area contributed by atoms with Crippen molar-refractivity contribution < 1.29 is 21.9 Å². The van der Waals surface area contributed by atoms with Gasteiger partial charge in [0.05, 0.1) is 30.4 Å². The average Bonchev–Trinajstić information content (AvgIpc) is 3.40. The molecule has 1 atom stereocenters. The van der Waals surface area contributed by atoms with Crippen molar-refractivity contribution in [2.75, 3.05) is 16.7 Å². The van der Waals surface area contributed by atoms with E-state index >= 15 is 4.39 Å². The summed E-state index contributed by atoms with van der Waals surface area (Å²) < 4.78 is 63.5. The molecular formula is C26H23Cl2F2N3O3S2. The fourth-order valence-electron chi connectivity index (χ4n) is 3.83. The molecule has 1 heterocycles. The molecule has 0 bridgehead atoms. The number of benzene rings is 3. The van der Waals surface area contributed by atoms with E-state index in [1.165, 1.54) is 31.5 Å². The minimum absolute atomic E-state index is 0.0565. The van der Waals surface area contributed by atoms with Crippen LogP contribution in [0.3, 0.4) is 0 Å². The minimum atomic E-state index is -4.43. The number of sulfonamides is 1. The maximum absolute atomic E-state index is 15.4. The van der Waals surface area contributed by atoms with Crippen LogP contribution in [-0.4, -0.2) is 20.5 Å². The Labute approximate surface area is 233 Å². The van der Waals surface area contributed by atoms with Crippen LogP contribution in [0.4, 0.5) is 19.6 Å². The number of hydrogen-bond acceptors (Lipinski definition) is 6. The molecule has 12 heteroatoms. The Morgan fingerprint density at radius 3 is 2.53 bits per heavy atom. The fraction of sp³-hybridized carbons (Fsp3) is 0.192. The third kappa shape index (κ3) is 5.88. The molecule has 0 aliphatic heterocycles. The third-order valence-corrected chi connectivity index (χ3v) is 9.09. The Balaban J connectivity index is 1.69. The standard InChI is InChI=1S/C26H23Cl2F2N3O3S2/c1-15-10-19(36-3)6-4-17(15)14-33(26-31-8-9-37-26)38(34,35)25-12-21(28)24(13-23(25)30)32-16(2)20-11-18(27)5-7-22(20)29/h4-13,16,32H,14H2,1-3H3/t16-/m0/s1. The van der Waals surface area contributed by atoms with Crippen LogP contribution in [0.1, 0.15) is 29.7 Å². The zero-order chi connectivity index (χ0) is 27.6. The Hall–Kier alpha value is -2.92. The van der Waals surface area contributed by atoms with E-state index in [0.717, 1.165) is 33.3 Å². The van der Waals surface area contributed by atoms with Crippen molar-refractivity contribution in [1.29, 1.82) is 0 Å². The number of ether oxygens (including phenoxy) is 1. The van der Waals surface area contributed by atoms with Crippen molar-refractivity contribution in [3.63, 3.8) is 0 Å². The molecule has 4 rings (SSSR count). The molecule has 0 radical (unpaired) electrons. The van der Waals surface area contributed by atoms with Gasteiger partial charge in [-0.15, -0.1) is 11.3 Å². The smallest absolute Gasteiger partial charge is 0.269 e. The summed E-state index contributed by atoms with van der Waals surface area (Å²) in [6.07, 6.45) is 1.47. The molecule has 200 valence electrons. The van der Waals surface area contributed by atoms with Crippen molar-refractivity contribution in [1.82, 2.24) is 4.98 Å². The molecule has 0 fully saturated rings. The summed E-state index contributed by atoms with van der Waals surface area (Å²) in [6, 6.07) is 10.7. The summed E-state index contributed by atoms with van der Waals surface area (Å²) >= 11 is 13.5. The second-order valence-corrected chi connectivity index (χ2v) is 12.0. The SMILES string of the molecule is COc1ccc(CN(c2nccs2)S(=O)(=O)c2cc(Cl)c(N[C@@H](C)c3cc(Cl)ccc3F)cc2F)c(C)c1. The fourth-order valence-corrected chi connectivity index (χ4v) is 6.64. The lowest BCUT2D eigenvalue weighted by atomic mass is 10.1. The number of thiazole rings is 1. The van der Waals surface area contributed by atoms with Crippen LogP contribution in [0.15, 0.2) is 65.0 Å². The number of hydrogen-bond donors (Lipinski definition) is 1. The molecule has 0 aliphatic rings. The molecule has 0 saturated heterocycles. The molecule has 1 N–H and O–H groups in total. The first-order valence-corrected chi connectivity index (χ1v) is 14.3. The maximum atomic E-state index is 15.4. The van der Waals surface area contributed by atoms with Gasteiger partial charge in [-0.2, -0.15) is 0 Å². The van der Waals surface area contributed by atoms with E-state index in [2.05, 4.69) is 10.3 Å². The van der Waals surface area contributed by atoms with Crippen molar-refractivity contribution in [2.45, 2.75) is 31.3 Å². The predicted octanol–water partition coefficient (Wildman–Crippen LogP) is 7.61. The summed E-state index contributed by atoms with van der Waals surface area (Å²) in [5.74, 6) is -0.899. The first-order valence-electron chi connectivity index (χ1n) is 11.3. The maximum Gasteiger partial charge on any atom is 0.269 e.